The molecule has 0 aliphatic carbocycles. The summed E-state index contributed by atoms with van der Waals surface area (Å²) in [7, 11) is 8.13. The summed E-state index contributed by atoms with van der Waals surface area (Å²) >= 11 is 7.84. The van der Waals surface area contributed by atoms with Crippen molar-refractivity contribution in [3.63, 3.8) is 0 Å². The molecule has 2 radical (unpaired) electrons. The topological polar surface area (TPSA) is 71.7 Å². The quantitative estimate of drug-likeness (QED) is 0.195. The van der Waals surface area contributed by atoms with Gasteiger partial charge >= 0.3 is 0 Å². The highest BCUT2D eigenvalue weighted by atomic mass is 35.5. The number of aromatic nitrogens is 1. The SMILES string of the molecule is [B]c1ccc(CN2C(=O)C[C@@](Sc3ccc(C)cc3)(C(=O)NCCCN3CCN(C)CC3)[C@@H]2c2c[nH]c3cc(Cl)ccc23)cc1. The number of piperazine rings is 1. The lowest BCUT2D eigenvalue weighted by Crippen LogP contribution is -2.49. The van der Waals surface area contributed by atoms with Crippen LogP contribution in [0.15, 0.2) is 77.8 Å². The summed E-state index contributed by atoms with van der Waals surface area (Å²) < 4.78 is -1.11. The van der Waals surface area contributed by atoms with Gasteiger partial charge in [-0.15, -0.1) is 11.8 Å². The number of aromatic amines is 1. The number of halogens is 1. The Labute approximate surface area is 276 Å². The van der Waals surface area contributed by atoms with Gasteiger partial charge in [-0.05, 0) is 56.8 Å². The zero-order chi connectivity index (χ0) is 31.6. The molecule has 3 aromatic carbocycles. The first-order chi connectivity index (χ1) is 21.7. The molecule has 6 rings (SSSR count). The molecular formula is C35H39BClN5O2S. The van der Waals surface area contributed by atoms with Crippen molar-refractivity contribution in [1.29, 1.82) is 0 Å². The highest BCUT2D eigenvalue weighted by molar-refractivity contribution is 8.01. The van der Waals surface area contributed by atoms with Crippen LogP contribution in [0.3, 0.4) is 0 Å². The van der Waals surface area contributed by atoms with E-state index in [9.17, 15) is 9.59 Å². The monoisotopic (exact) mass is 639 g/mol. The molecule has 2 aliphatic heterocycles. The zero-order valence-corrected chi connectivity index (χ0v) is 27.5. The van der Waals surface area contributed by atoms with E-state index in [0.717, 1.165) is 71.6 Å². The van der Waals surface area contributed by atoms with E-state index in [2.05, 4.69) is 39.3 Å². The number of nitrogens with one attached hydrogen (secondary N) is 2. The fraction of sp³-hybridized carbons (Fsp3) is 0.371. The maximum absolute atomic E-state index is 14.6. The van der Waals surface area contributed by atoms with Crippen LogP contribution in [0.5, 0.6) is 0 Å². The van der Waals surface area contributed by atoms with Gasteiger partial charge in [-0.3, -0.25) is 9.59 Å². The maximum atomic E-state index is 14.6. The third kappa shape index (κ3) is 6.97. The molecule has 10 heteroatoms. The molecule has 2 atom stereocenters. The van der Waals surface area contributed by atoms with Crippen molar-refractivity contribution in [2.45, 2.75) is 42.0 Å². The van der Waals surface area contributed by atoms with Crippen LogP contribution < -0.4 is 10.8 Å². The molecule has 0 saturated carbocycles. The molecule has 0 spiro atoms. The molecule has 7 nitrogen and oxygen atoms in total. The number of hydrogen-bond acceptors (Lipinski definition) is 5. The van der Waals surface area contributed by atoms with Gasteiger partial charge < -0.3 is 25.0 Å². The minimum absolute atomic E-state index is 0.0627. The van der Waals surface area contributed by atoms with Gasteiger partial charge in [0.25, 0.3) is 0 Å². The Hall–Kier alpha value is -3.24. The van der Waals surface area contributed by atoms with Crippen LogP contribution in [0.4, 0.5) is 0 Å². The molecule has 3 heterocycles. The summed E-state index contributed by atoms with van der Waals surface area (Å²) in [6.45, 7) is 8.09. The number of thioether (sulfide) groups is 1. The predicted octanol–water partition coefficient (Wildman–Crippen LogP) is 4.68. The molecule has 2 fully saturated rings. The van der Waals surface area contributed by atoms with Crippen LogP contribution in [0, 0.1) is 6.92 Å². The second-order valence-electron chi connectivity index (χ2n) is 12.3. The van der Waals surface area contributed by atoms with Gasteiger partial charge in [-0.1, -0.05) is 65.1 Å². The van der Waals surface area contributed by atoms with Crippen molar-refractivity contribution in [3.05, 3.63) is 94.6 Å². The van der Waals surface area contributed by atoms with Crippen LogP contribution in [0.25, 0.3) is 10.9 Å². The summed E-state index contributed by atoms with van der Waals surface area (Å²) in [5.74, 6) is -0.180. The van der Waals surface area contributed by atoms with Crippen molar-refractivity contribution in [2.75, 3.05) is 46.3 Å². The molecule has 0 unspecified atom stereocenters. The number of fused-ring (bicyclic) bond motifs is 1. The van der Waals surface area contributed by atoms with Crippen molar-refractivity contribution in [2.24, 2.45) is 0 Å². The first-order valence-electron chi connectivity index (χ1n) is 15.6. The van der Waals surface area contributed by atoms with Crippen LogP contribution >= 0.6 is 23.4 Å². The third-order valence-electron chi connectivity index (χ3n) is 9.03. The average molecular weight is 640 g/mol. The van der Waals surface area contributed by atoms with Crippen LogP contribution in [-0.4, -0.2) is 90.4 Å². The van der Waals surface area contributed by atoms with Crippen molar-refractivity contribution in [1.82, 2.24) is 25.0 Å². The largest absolute Gasteiger partial charge is 0.361 e. The number of likely N-dealkylation sites (tertiary alicyclic amines) is 1. The number of benzene rings is 3. The molecule has 2 aliphatic rings. The van der Waals surface area contributed by atoms with E-state index in [1.54, 1.807) is 0 Å². The molecule has 2 amide bonds. The van der Waals surface area contributed by atoms with E-state index in [0.29, 0.717) is 23.6 Å². The van der Waals surface area contributed by atoms with Gasteiger partial charge in [-0.2, -0.15) is 0 Å². The molecule has 2 N–H and O–H groups in total. The van der Waals surface area contributed by atoms with E-state index in [1.807, 2.05) is 72.6 Å². The minimum atomic E-state index is -1.11. The Morgan fingerprint density at radius 1 is 1.07 bits per heavy atom. The molecule has 1 aromatic heterocycles. The first-order valence-corrected chi connectivity index (χ1v) is 16.8. The molecule has 4 aromatic rings. The van der Waals surface area contributed by atoms with Crippen molar-refractivity contribution in [3.8, 4) is 0 Å². The number of likely N-dealkylation sites (N-methyl/N-ethyl adjacent to an activating group) is 1. The second-order valence-corrected chi connectivity index (χ2v) is 14.2. The molecule has 45 heavy (non-hydrogen) atoms. The standard InChI is InChI=1S/C35H39BClN5O2S/c1-24-4-11-28(12-5-24)45-35(34(44)38-14-3-15-41-18-16-40(2)17-19-41)21-32(43)42(23-25-6-8-26(36)9-7-25)33(35)30-22-39-31-20-27(37)10-13-29(30)31/h4-13,20,22,33,39H,3,14-19,21,23H2,1-2H3,(H,38,44)/t33-,35-/m0/s1. The van der Waals surface area contributed by atoms with Crippen LogP contribution in [-0.2, 0) is 16.1 Å². The molecule has 0 bridgehead atoms. The fourth-order valence-electron chi connectivity index (χ4n) is 6.47. The Morgan fingerprint density at radius 3 is 2.53 bits per heavy atom. The Balaban J connectivity index is 1.36. The number of nitrogens with zero attached hydrogens (tertiary/aromatic N) is 3. The van der Waals surface area contributed by atoms with Gasteiger partial charge in [0.2, 0.25) is 11.8 Å². The number of H-pyrrole nitrogens is 1. The van der Waals surface area contributed by atoms with Crippen molar-refractivity contribution < 1.29 is 9.59 Å². The van der Waals surface area contributed by atoms with E-state index in [1.165, 1.54) is 11.8 Å². The lowest BCUT2D eigenvalue weighted by Gasteiger charge is -2.36. The van der Waals surface area contributed by atoms with E-state index in [-0.39, 0.29) is 18.2 Å². The first kappa shape index (κ1) is 31.7. The number of carbonyl (C=O) groups excluding carboxylic acids is 2. The summed E-state index contributed by atoms with van der Waals surface area (Å²) in [5.41, 5.74) is 4.52. The van der Waals surface area contributed by atoms with Gasteiger partial charge in [0.05, 0.1) is 12.5 Å². The highest BCUT2D eigenvalue weighted by Gasteiger charge is 2.58. The number of hydrogen-bond donors (Lipinski definition) is 2. The number of amides is 2. The smallest absolute Gasteiger partial charge is 0.239 e. The second kappa shape index (κ2) is 13.6. The zero-order valence-electron chi connectivity index (χ0n) is 25.9. The number of carbonyl (C=O) groups is 2. The minimum Gasteiger partial charge on any atom is -0.361 e. The number of aryl methyl sites for hydroxylation is 1. The molecule has 232 valence electrons. The van der Waals surface area contributed by atoms with E-state index in [4.69, 9.17) is 19.4 Å². The normalized spacial score (nSPS) is 21.1. The number of rotatable bonds is 10. The molecule has 2 saturated heterocycles. The Bertz CT molecular complexity index is 1660. The molecular weight excluding hydrogens is 601 g/mol. The lowest BCUT2D eigenvalue weighted by molar-refractivity contribution is -0.129. The van der Waals surface area contributed by atoms with Crippen LogP contribution in [0.2, 0.25) is 5.02 Å². The van der Waals surface area contributed by atoms with Crippen LogP contribution in [0.1, 0.15) is 35.6 Å². The lowest BCUT2D eigenvalue weighted by atomic mass is 9.90. The van der Waals surface area contributed by atoms with Gasteiger partial charge in [0.15, 0.2) is 0 Å². The van der Waals surface area contributed by atoms with Gasteiger partial charge in [-0.25, -0.2) is 0 Å². The maximum Gasteiger partial charge on any atom is 0.239 e. The fourth-order valence-corrected chi connectivity index (χ4v) is 8.06. The summed E-state index contributed by atoms with van der Waals surface area (Å²) in [4.78, 5) is 39.8. The van der Waals surface area contributed by atoms with Gasteiger partial charge in [0.1, 0.15) is 12.6 Å². The summed E-state index contributed by atoms with van der Waals surface area (Å²) in [6.07, 6.45) is 2.86. The van der Waals surface area contributed by atoms with Gasteiger partial charge in [0, 0.05) is 71.8 Å². The third-order valence-corrected chi connectivity index (χ3v) is 10.7. The Morgan fingerprint density at radius 2 is 1.80 bits per heavy atom. The van der Waals surface area contributed by atoms with E-state index < -0.39 is 10.8 Å². The summed E-state index contributed by atoms with van der Waals surface area (Å²) in [6, 6.07) is 20.9. The highest BCUT2D eigenvalue weighted by Crippen LogP contribution is 2.54. The summed E-state index contributed by atoms with van der Waals surface area (Å²) in [5, 5.41) is 4.85. The average Bonchev–Trinajstić information content (AvgIpc) is 3.55. The predicted molar refractivity (Wildman–Crippen MR) is 184 cm³/mol. The van der Waals surface area contributed by atoms with E-state index >= 15 is 0 Å². The Kier molecular flexibility index (Phi) is 9.61. The van der Waals surface area contributed by atoms with Crippen molar-refractivity contribution >= 4 is 59.4 Å².